The second-order valence-corrected chi connectivity index (χ2v) is 9.53. The fourth-order valence-corrected chi connectivity index (χ4v) is 4.20. The molecule has 8 heteroatoms. The lowest BCUT2D eigenvalue weighted by Crippen LogP contribution is -2.41. The lowest BCUT2D eigenvalue weighted by Gasteiger charge is -2.31. The van der Waals surface area contributed by atoms with E-state index < -0.39 is 11.8 Å². The summed E-state index contributed by atoms with van der Waals surface area (Å²) in [4.78, 5) is 39.1. The minimum Gasteiger partial charge on any atom is -0.355 e. The van der Waals surface area contributed by atoms with Crippen LogP contribution in [0.3, 0.4) is 0 Å². The monoisotopic (exact) mass is 429 g/mol. The van der Waals surface area contributed by atoms with Crippen LogP contribution in [0.25, 0.3) is 0 Å². The van der Waals surface area contributed by atoms with Crippen LogP contribution in [0.15, 0.2) is 0 Å². The summed E-state index contributed by atoms with van der Waals surface area (Å²) in [5.41, 5.74) is 0. The van der Waals surface area contributed by atoms with Crippen molar-refractivity contribution in [1.29, 1.82) is 0 Å². The van der Waals surface area contributed by atoms with Crippen molar-refractivity contribution in [3.05, 3.63) is 0 Å². The van der Waals surface area contributed by atoms with Gasteiger partial charge in [0.2, 0.25) is 17.7 Å². The molecule has 7 nitrogen and oxygen atoms in total. The second-order valence-electron chi connectivity index (χ2n) is 8.28. The summed E-state index contributed by atoms with van der Waals surface area (Å²) < 4.78 is 0. The van der Waals surface area contributed by atoms with E-state index in [1.165, 1.54) is 31.0 Å². The highest BCUT2D eigenvalue weighted by atomic mass is 32.2. The maximum absolute atomic E-state index is 12.6. The Kier molecular flexibility index (Phi) is 12.3. The highest BCUT2D eigenvalue weighted by Crippen LogP contribution is 2.22. The molecule has 0 unspecified atom stereocenters. The lowest BCUT2D eigenvalue weighted by atomic mass is 9.93. The van der Waals surface area contributed by atoms with Crippen LogP contribution in [0, 0.1) is 11.8 Å². The standard InChI is InChI=1S/C21H39N3O4S/c1-5-29-15-24(28)20(26)14-17(13-16(2)3)21(27)22-12-11-19(25)23(4)18-9-7-6-8-10-18/h16-18,28H,5-15H2,1-4H3,(H,22,27)/t17-/m1/s1. The Hall–Kier alpha value is -1.28. The molecule has 2 N–H and O–H groups in total. The molecule has 1 atom stereocenters. The zero-order valence-corrected chi connectivity index (χ0v) is 19.3. The first-order valence-electron chi connectivity index (χ1n) is 10.9. The molecular formula is C21H39N3O4S. The van der Waals surface area contributed by atoms with Crippen molar-refractivity contribution in [2.45, 2.75) is 78.2 Å². The molecule has 168 valence electrons. The largest absolute Gasteiger partial charge is 0.355 e. The maximum atomic E-state index is 12.6. The Bertz CT molecular complexity index is 524. The molecule has 1 fully saturated rings. The lowest BCUT2D eigenvalue weighted by molar-refractivity contribution is -0.163. The molecule has 0 aromatic heterocycles. The van der Waals surface area contributed by atoms with Gasteiger partial charge in [0.15, 0.2) is 0 Å². The molecule has 1 rings (SSSR count). The molecule has 0 aromatic carbocycles. The van der Waals surface area contributed by atoms with E-state index >= 15 is 0 Å². The Labute approximate surface area is 179 Å². The summed E-state index contributed by atoms with van der Waals surface area (Å²) in [6.45, 7) is 6.21. The third-order valence-corrected chi connectivity index (χ3v) is 6.24. The van der Waals surface area contributed by atoms with E-state index in [1.54, 1.807) is 0 Å². The number of amides is 3. The van der Waals surface area contributed by atoms with Crippen LogP contribution in [0.2, 0.25) is 0 Å². The minimum atomic E-state index is -0.505. The molecule has 0 saturated heterocycles. The smallest absolute Gasteiger partial charge is 0.247 e. The van der Waals surface area contributed by atoms with Crippen LogP contribution >= 0.6 is 11.8 Å². The molecule has 0 radical (unpaired) electrons. The zero-order chi connectivity index (χ0) is 21.8. The van der Waals surface area contributed by atoms with Gasteiger partial charge in [0.1, 0.15) is 0 Å². The van der Waals surface area contributed by atoms with Crippen molar-refractivity contribution < 1.29 is 19.6 Å². The molecule has 0 spiro atoms. The second kappa shape index (κ2) is 13.9. The fourth-order valence-electron chi connectivity index (χ4n) is 3.70. The quantitative estimate of drug-likeness (QED) is 0.282. The summed E-state index contributed by atoms with van der Waals surface area (Å²) in [5, 5.41) is 13.3. The number of hydroxylamine groups is 2. The van der Waals surface area contributed by atoms with Gasteiger partial charge in [0.05, 0.1) is 5.88 Å². The van der Waals surface area contributed by atoms with Gasteiger partial charge in [-0.15, -0.1) is 11.8 Å². The van der Waals surface area contributed by atoms with Crippen LogP contribution in [-0.4, -0.2) is 64.2 Å². The molecule has 0 aliphatic heterocycles. The van der Waals surface area contributed by atoms with Gasteiger partial charge in [0, 0.05) is 38.4 Å². The van der Waals surface area contributed by atoms with E-state index in [-0.39, 0.29) is 43.0 Å². The van der Waals surface area contributed by atoms with Crippen molar-refractivity contribution in [2.24, 2.45) is 11.8 Å². The number of carbonyl (C=O) groups is 3. The number of rotatable bonds is 12. The van der Waals surface area contributed by atoms with Gasteiger partial charge < -0.3 is 10.2 Å². The molecular weight excluding hydrogens is 390 g/mol. The SMILES string of the molecule is CCSCN(O)C(=O)C[C@@H](CC(C)C)C(=O)NCCC(=O)N(C)C1CCCCC1. The molecule has 1 aliphatic carbocycles. The van der Waals surface area contributed by atoms with Crippen molar-refractivity contribution in [3.63, 3.8) is 0 Å². The van der Waals surface area contributed by atoms with Gasteiger partial charge in [-0.3, -0.25) is 19.6 Å². The Morgan fingerprint density at radius 3 is 2.38 bits per heavy atom. The van der Waals surface area contributed by atoms with E-state index in [1.807, 2.05) is 32.7 Å². The van der Waals surface area contributed by atoms with Gasteiger partial charge >= 0.3 is 0 Å². The molecule has 0 heterocycles. The zero-order valence-electron chi connectivity index (χ0n) is 18.5. The fraction of sp³-hybridized carbons (Fsp3) is 0.857. The van der Waals surface area contributed by atoms with Crippen molar-refractivity contribution in [1.82, 2.24) is 15.3 Å². The highest BCUT2D eigenvalue weighted by Gasteiger charge is 2.26. The molecule has 1 aliphatic rings. The van der Waals surface area contributed by atoms with Crippen LogP contribution < -0.4 is 5.32 Å². The molecule has 0 bridgehead atoms. The minimum absolute atomic E-state index is 0.0271. The number of thioether (sulfide) groups is 1. The van der Waals surface area contributed by atoms with Crippen molar-refractivity contribution in [3.8, 4) is 0 Å². The molecule has 29 heavy (non-hydrogen) atoms. The van der Waals surface area contributed by atoms with E-state index in [9.17, 15) is 19.6 Å². The summed E-state index contributed by atoms with van der Waals surface area (Å²) in [7, 11) is 1.85. The summed E-state index contributed by atoms with van der Waals surface area (Å²) >= 11 is 1.44. The first-order chi connectivity index (χ1) is 13.8. The van der Waals surface area contributed by atoms with E-state index in [0.29, 0.717) is 17.5 Å². The van der Waals surface area contributed by atoms with E-state index in [4.69, 9.17) is 0 Å². The summed E-state index contributed by atoms with van der Waals surface area (Å²) in [6, 6.07) is 0.315. The Morgan fingerprint density at radius 2 is 1.79 bits per heavy atom. The summed E-state index contributed by atoms with van der Waals surface area (Å²) in [5.74, 6) is 0.116. The number of nitrogens with zero attached hydrogens (tertiary/aromatic N) is 2. The van der Waals surface area contributed by atoms with Gasteiger partial charge in [-0.2, -0.15) is 0 Å². The van der Waals surface area contributed by atoms with Gasteiger partial charge in [-0.05, 0) is 30.9 Å². The normalized spacial score (nSPS) is 15.8. The van der Waals surface area contributed by atoms with Crippen molar-refractivity contribution in [2.75, 3.05) is 25.2 Å². The predicted molar refractivity (Wildman–Crippen MR) is 116 cm³/mol. The van der Waals surface area contributed by atoms with Crippen LogP contribution in [0.4, 0.5) is 0 Å². The topological polar surface area (TPSA) is 90.0 Å². The Balaban J connectivity index is 2.48. The number of hydrogen-bond acceptors (Lipinski definition) is 5. The van der Waals surface area contributed by atoms with E-state index in [2.05, 4.69) is 5.32 Å². The predicted octanol–water partition coefficient (Wildman–Crippen LogP) is 3.26. The van der Waals surface area contributed by atoms with Gasteiger partial charge in [0.25, 0.3) is 0 Å². The third-order valence-electron chi connectivity index (χ3n) is 5.41. The van der Waals surface area contributed by atoms with Crippen LogP contribution in [0.5, 0.6) is 0 Å². The summed E-state index contributed by atoms with van der Waals surface area (Å²) in [6.07, 6.45) is 6.49. The van der Waals surface area contributed by atoms with Crippen molar-refractivity contribution >= 4 is 29.5 Å². The maximum Gasteiger partial charge on any atom is 0.247 e. The molecule has 0 aromatic rings. The molecule has 1 saturated carbocycles. The van der Waals surface area contributed by atoms with Crippen LogP contribution in [0.1, 0.15) is 72.1 Å². The van der Waals surface area contributed by atoms with Gasteiger partial charge in [-0.25, -0.2) is 5.06 Å². The van der Waals surface area contributed by atoms with E-state index in [0.717, 1.165) is 18.6 Å². The van der Waals surface area contributed by atoms with Gasteiger partial charge in [-0.1, -0.05) is 40.0 Å². The first-order valence-corrected chi connectivity index (χ1v) is 12.0. The highest BCUT2D eigenvalue weighted by molar-refractivity contribution is 7.99. The number of nitrogens with one attached hydrogen (secondary N) is 1. The first kappa shape index (κ1) is 25.8. The third kappa shape index (κ3) is 9.85. The average molecular weight is 430 g/mol. The Morgan fingerprint density at radius 1 is 1.14 bits per heavy atom. The van der Waals surface area contributed by atoms with Crippen LogP contribution in [-0.2, 0) is 14.4 Å². The molecule has 3 amide bonds. The number of hydrogen-bond donors (Lipinski definition) is 2. The average Bonchev–Trinajstić information content (AvgIpc) is 2.70. The number of carbonyl (C=O) groups excluding carboxylic acids is 3.